The Labute approximate surface area is 76.8 Å². The van der Waals surface area contributed by atoms with Gasteiger partial charge in [-0.15, -0.1) is 0 Å². The standard InChI is InChI=1S/C11H9NO/c12-6-5-8-1-2-9-3-4-11(13)10(9)7-8/h1-2,7H,3-5H2. The van der Waals surface area contributed by atoms with Crippen molar-refractivity contribution in [2.24, 2.45) is 0 Å². The molecule has 0 bridgehead atoms. The molecule has 0 unspecified atom stereocenters. The average Bonchev–Trinajstić information content (AvgIpc) is 2.49. The number of fused-ring (bicyclic) bond motifs is 1. The number of aryl methyl sites for hydroxylation is 1. The van der Waals surface area contributed by atoms with Crippen molar-refractivity contribution in [3.8, 4) is 6.07 Å². The molecule has 2 heteroatoms. The molecule has 1 aromatic rings. The Morgan fingerprint density at radius 3 is 3.00 bits per heavy atom. The van der Waals surface area contributed by atoms with Gasteiger partial charge in [0, 0.05) is 12.0 Å². The van der Waals surface area contributed by atoms with Gasteiger partial charge in [0.15, 0.2) is 5.78 Å². The predicted octanol–water partition coefficient (Wildman–Crippen LogP) is 1.88. The summed E-state index contributed by atoms with van der Waals surface area (Å²) in [6.45, 7) is 0. The molecule has 2 rings (SSSR count). The van der Waals surface area contributed by atoms with Gasteiger partial charge in [-0.1, -0.05) is 12.1 Å². The van der Waals surface area contributed by atoms with Crippen LogP contribution in [0.2, 0.25) is 0 Å². The van der Waals surface area contributed by atoms with Crippen LogP contribution >= 0.6 is 0 Å². The molecule has 0 radical (unpaired) electrons. The van der Waals surface area contributed by atoms with E-state index in [-0.39, 0.29) is 5.78 Å². The van der Waals surface area contributed by atoms with Crippen LogP contribution in [0.25, 0.3) is 0 Å². The van der Waals surface area contributed by atoms with Gasteiger partial charge in [0.2, 0.25) is 0 Å². The van der Waals surface area contributed by atoms with Crippen LogP contribution in [0.3, 0.4) is 0 Å². The Bertz CT molecular complexity index is 401. The topological polar surface area (TPSA) is 40.9 Å². The third kappa shape index (κ3) is 1.33. The van der Waals surface area contributed by atoms with E-state index in [9.17, 15) is 4.79 Å². The van der Waals surface area contributed by atoms with E-state index < -0.39 is 0 Å². The monoisotopic (exact) mass is 171 g/mol. The molecule has 0 aromatic heterocycles. The van der Waals surface area contributed by atoms with Crippen LogP contribution in [0.15, 0.2) is 18.2 Å². The average molecular weight is 171 g/mol. The van der Waals surface area contributed by atoms with Gasteiger partial charge >= 0.3 is 0 Å². The Morgan fingerprint density at radius 1 is 1.38 bits per heavy atom. The van der Waals surface area contributed by atoms with Gasteiger partial charge in [-0.3, -0.25) is 4.79 Å². The van der Waals surface area contributed by atoms with Crippen molar-refractivity contribution >= 4 is 5.78 Å². The van der Waals surface area contributed by atoms with Gasteiger partial charge in [0.25, 0.3) is 0 Å². The molecule has 0 saturated heterocycles. The number of Topliss-reactive ketones (excluding diaryl/α,β-unsaturated/α-hetero) is 1. The number of carbonyl (C=O) groups is 1. The summed E-state index contributed by atoms with van der Waals surface area (Å²) < 4.78 is 0. The minimum absolute atomic E-state index is 0.217. The summed E-state index contributed by atoms with van der Waals surface area (Å²) in [4.78, 5) is 11.3. The fraction of sp³-hybridized carbons (Fsp3) is 0.273. The fourth-order valence-corrected chi connectivity index (χ4v) is 1.69. The molecule has 0 N–H and O–H groups in total. The molecule has 0 amide bonds. The Balaban J connectivity index is 2.43. The number of benzene rings is 1. The zero-order valence-corrected chi connectivity index (χ0v) is 7.21. The van der Waals surface area contributed by atoms with Crippen molar-refractivity contribution in [1.29, 1.82) is 5.26 Å². The van der Waals surface area contributed by atoms with E-state index in [4.69, 9.17) is 5.26 Å². The lowest BCUT2D eigenvalue weighted by Gasteiger charge is -1.99. The van der Waals surface area contributed by atoms with E-state index in [1.165, 1.54) is 0 Å². The zero-order valence-electron chi connectivity index (χ0n) is 7.21. The first-order valence-corrected chi connectivity index (χ1v) is 4.33. The summed E-state index contributed by atoms with van der Waals surface area (Å²) in [6.07, 6.45) is 1.88. The van der Waals surface area contributed by atoms with Crippen molar-refractivity contribution in [2.75, 3.05) is 0 Å². The minimum atomic E-state index is 0.217. The summed E-state index contributed by atoms with van der Waals surface area (Å²) in [6, 6.07) is 7.83. The molecule has 0 fully saturated rings. The second-order valence-electron chi connectivity index (χ2n) is 3.25. The summed E-state index contributed by atoms with van der Waals surface area (Å²) >= 11 is 0. The highest BCUT2D eigenvalue weighted by atomic mass is 16.1. The maximum Gasteiger partial charge on any atom is 0.163 e. The van der Waals surface area contributed by atoms with Crippen molar-refractivity contribution < 1.29 is 4.79 Å². The van der Waals surface area contributed by atoms with Crippen molar-refractivity contribution in [2.45, 2.75) is 19.3 Å². The molecular weight excluding hydrogens is 162 g/mol. The van der Waals surface area contributed by atoms with Gasteiger partial charge < -0.3 is 0 Å². The molecule has 1 aliphatic rings. The first-order valence-electron chi connectivity index (χ1n) is 4.33. The van der Waals surface area contributed by atoms with E-state index >= 15 is 0 Å². The van der Waals surface area contributed by atoms with E-state index in [0.29, 0.717) is 12.8 Å². The number of ketones is 1. The minimum Gasteiger partial charge on any atom is -0.294 e. The first-order chi connectivity index (χ1) is 6.31. The number of rotatable bonds is 1. The maximum absolute atomic E-state index is 11.3. The summed E-state index contributed by atoms with van der Waals surface area (Å²) in [5, 5.41) is 8.50. The molecule has 0 atom stereocenters. The number of hydrogen-bond acceptors (Lipinski definition) is 2. The zero-order chi connectivity index (χ0) is 9.26. The molecule has 0 heterocycles. The Kier molecular flexibility index (Phi) is 1.86. The second-order valence-corrected chi connectivity index (χ2v) is 3.25. The second kappa shape index (κ2) is 3.02. The maximum atomic E-state index is 11.3. The number of carbonyl (C=O) groups excluding carboxylic acids is 1. The molecule has 0 saturated carbocycles. The lowest BCUT2D eigenvalue weighted by atomic mass is 10.0. The highest BCUT2D eigenvalue weighted by molar-refractivity contribution is 6.00. The van der Waals surface area contributed by atoms with E-state index in [1.807, 2.05) is 18.2 Å². The van der Waals surface area contributed by atoms with Gasteiger partial charge in [-0.25, -0.2) is 0 Å². The molecule has 2 nitrogen and oxygen atoms in total. The van der Waals surface area contributed by atoms with Crippen molar-refractivity contribution in [1.82, 2.24) is 0 Å². The van der Waals surface area contributed by atoms with Crippen LogP contribution in [-0.4, -0.2) is 5.78 Å². The highest BCUT2D eigenvalue weighted by Crippen LogP contribution is 2.22. The van der Waals surface area contributed by atoms with Gasteiger partial charge in [0.05, 0.1) is 12.5 Å². The molecule has 13 heavy (non-hydrogen) atoms. The third-order valence-electron chi connectivity index (χ3n) is 2.38. The molecular formula is C11H9NO. The van der Waals surface area contributed by atoms with Gasteiger partial charge in [0.1, 0.15) is 0 Å². The van der Waals surface area contributed by atoms with Gasteiger partial charge in [-0.2, -0.15) is 5.26 Å². The lowest BCUT2D eigenvalue weighted by Crippen LogP contribution is -1.93. The Morgan fingerprint density at radius 2 is 2.23 bits per heavy atom. The number of nitrogens with zero attached hydrogens (tertiary/aromatic N) is 1. The summed E-state index contributed by atoms with van der Waals surface area (Å²) in [5.74, 6) is 0.217. The van der Waals surface area contributed by atoms with Crippen LogP contribution in [0.1, 0.15) is 27.9 Å². The molecule has 1 aromatic carbocycles. The van der Waals surface area contributed by atoms with Crippen molar-refractivity contribution in [3.63, 3.8) is 0 Å². The third-order valence-corrected chi connectivity index (χ3v) is 2.38. The first kappa shape index (κ1) is 8.00. The Hall–Kier alpha value is -1.62. The van der Waals surface area contributed by atoms with Gasteiger partial charge in [-0.05, 0) is 23.6 Å². The highest BCUT2D eigenvalue weighted by Gasteiger charge is 2.18. The fourth-order valence-electron chi connectivity index (χ4n) is 1.69. The molecule has 0 aliphatic heterocycles. The predicted molar refractivity (Wildman–Crippen MR) is 48.4 cm³/mol. The quantitative estimate of drug-likeness (QED) is 0.647. The SMILES string of the molecule is N#CCc1ccc2c(c1)C(=O)CC2. The van der Waals surface area contributed by atoms with Crippen molar-refractivity contribution in [3.05, 3.63) is 34.9 Å². The van der Waals surface area contributed by atoms with E-state index in [1.54, 1.807) is 0 Å². The van der Waals surface area contributed by atoms with Crippen LogP contribution in [0.5, 0.6) is 0 Å². The summed E-state index contributed by atoms with van der Waals surface area (Å²) in [5.41, 5.74) is 2.90. The molecule has 1 aliphatic carbocycles. The smallest absolute Gasteiger partial charge is 0.163 e. The van der Waals surface area contributed by atoms with Crippen LogP contribution < -0.4 is 0 Å². The van der Waals surface area contributed by atoms with E-state index in [0.717, 1.165) is 23.1 Å². The lowest BCUT2D eigenvalue weighted by molar-refractivity contribution is 0.0994. The van der Waals surface area contributed by atoms with E-state index in [2.05, 4.69) is 6.07 Å². The normalized spacial score (nSPS) is 13.9. The summed E-state index contributed by atoms with van der Waals surface area (Å²) in [7, 11) is 0. The molecule has 64 valence electrons. The van der Waals surface area contributed by atoms with Crippen LogP contribution in [0.4, 0.5) is 0 Å². The number of nitriles is 1. The molecule has 0 spiro atoms. The largest absolute Gasteiger partial charge is 0.294 e. The van der Waals surface area contributed by atoms with Crippen LogP contribution in [-0.2, 0) is 12.8 Å². The number of hydrogen-bond donors (Lipinski definition) is 0. The van der Waals surface area contributed by atoms with Crippen LogP contribution in [0, 0.1) is 11.3 Å².